The first-order chi connectivity index (χ1) is 16.2. The van der Waals surface area contributed by atoms with Crippen molar-refractivity contribution in [2.45, 2.75) is 38.4 Å². The number of aromatic nitrogens is 1. The van der Waals surface area contributed by atoms with Gasteiger partial charge < -0.3 is 15.1 Å². The Morgan fingerprint density at radius 1 is 1.12 bits per heavy atom. The molecule has 3 heterocycles. The predicted molar refractivity (Wildman–Crippen MR) is 150 cm³/mol. The fraction of sp³-hybridized carbons (Fsp3) is 0.259. The van der Waals surface area contributed by atoms with E-state index in [1.165, 1.54) is 11.1 Å². The number of thiocarbonyl (C=S) groups is 1. The highest BCUT2D eigenvalue weighted by atomic mass is 79.9. The number of hydrogen-bond donors (Lipinski definition) is 1. The molecule has 174 valence electrons. The van der Waals surface area contributed by atoms with Crippen molar-refractivity contribution in [3.05, 3.63) is 93.2 Å². The zero-order valence-corrected chi connectivity index (χ0v) is 22.7. The lowest BCUT2D eigenvalue weighted by atomic mass is 9.86. The van der Waals surface area contributed by atoms with E-state index in [1.54, 1.807) is 0 Å². The van der Waals surface area contributed by atoms with E-state index >= 15 is 0 Å². The summed E-state index contributed by atoms with van der Waals surface area (Å²) in [5, 5.41) is 4.89. The summed E-state index contributed by atoms with van der Waals surface area (Å²) in [5.74, 6) is 0. The number of nitrogens with one attached hydrogen (secondary N) is 1. The molecule has 2 aliphatic heterocycles. The lowest BCUT2D eigenvalue weighted by Crippen LogP contribution is -2.42. The van der Waals surface area contributed by atoms with E-state index in [-0.39, 0.29) is 17.6 Å². The van der Waals surface area contributed by atoms with Crippen LogP contribution in [0.4, 0.5) is 11.4 Å². The number of nitrogens with zero attached hydrogens (tertiary/aromatic N) is 3. The fourth-order valence-corrected chi connectivity index (χ4v) is 5.85. The number of pyridine rings is 1. The number of hydrogen-bond acceptors (Lipinski definition) is 3. The van der Waals surface area contributed by atoms with Crippen LogP contribution in [0, 0.1) is 0 Å². The van der Waals surface area contributed by atoms with Crippen molar-refractivity contribution in [2.75, 3.05) is 16.8 Å². The van der Waals surface area contributed by atoms with Crippen molar-refractivity contribution in [3.8, 4) is 0 Å². The molecule has 7 heteroatoms. The molecule has 0 radical (unpaired) electrons. The third-order valence-electron chi connectivity index (χ3n) is 6.86. The van der Waals surface area contributed by atoms with Crippen LogP contribution in [0.1, 0.15) is 49.7 Å². The second kappa shape index (κ2) is 8.67. The average molecular weight is 554 g/mol. The van der Waals surface area contributed by atoms with Crippen LogP contribution in [0.3, 0.4) is 0 Å². The van der Waals surface area contributed by atoms with Crippen LogP contribution in [-0.2, 0) is 0 Å². The van der Waals surface area contributed by atoms with Crippen LogP contribution in [-0.4, -0.2) is 22.7 Å². The molecule has 0 aliphatic carbocycles. The highest BCUT2D eigenvalue weighted by molar-refractivity contribution is 9.10. The van der Waals surface area contributed by atoms with Crippen molar-refractivity contribution < 1.29 is 0 Å². The average Bonchev–Trinajstić information content (AvgIpc) is 3.15. The highest BCUT2D eigenvalue weighted by Crippen LogP contribution is 2.47. The molecule has 4 nitrogen and oxygen atoms in total. The molecule has 0 spiro atoms. The van der Waals surface area contributed by atoms with E-state index in [1.807, 2.05) is 36.5 Å². The van der Waals surface area contributed by atoms with Crippen LogP contribution < -0.4 is 15.1 Å². The maximum absolute atomic E-state index is 7.05. The van der Waals surface area contributed by atoms with Gasteiger partial charge in [-0.15, -0.1) is 0 Å². The Kier molecular flexibility index (Phi) is 5.95. The Morgan fingerprint density at radius 2 is 1.85 bits per heavy atom. The molecule has 1 saturated heterocycles. The molecule has 1 aromatic heterocycles. The highest BCUT2D eigenvalue weighted by Gasteiger charge is 2.42. The smallest absolute Gasteiger partial charge is 0.174 e. The third kappa shape index (κ3) is 3.92. The summed E-state index contributed by atoms with van der Waals surface area (Å²) in [6.45, 7) is 6.60. The largest absolute Gasteiger partial charge is 0.365 e. The minimum atomic E-state index is -0.158. The van der Waals surface area contributed by atoms with Crippen molar-refractivity contribution in [1.29, 1.82) is 0 Å². The van der Waals surface area contributed by atoms with Crippen LogP contribution in [0.5, 0.6) is 0 Å². The first-order valence-corrected chi connectivity index (χ1v) is 12.8. The quantitative estimate of drug-likeness (QED) is 0.344. The standard InChI is InChI=1S/C27H26BrClN4S/c1-16-15-27(2,3)32(4)23-14-21(29)20(13-19(16)23)25-24(22-7-5-6-12-30-22)31-26(34)33(25)18-10-8-17(28)9-11-18/h5-15,24-25H,1-4H3,(H,31,34)/t24-,25-/m1/s1. The van der Waals surface area contributed by atoms with Crippen LogP contribution >= 0.6 is 39.7 Å². The van der Waals surface area contributed by atoms with Gasteiger partial charge in [-0.3, -0.25) is 4.98 Å². The van der Waals surface area contributed by atoms with E-state index in [0.717, 1.165) is 32.1 Å². The van der Waals surface area contributed by atoms with Crippen LogP contribution in [0.25, 0.3) is 5.57 Å². The molecule has 34 heavy (non-hydrogen) atoms. The van der Waals surface area contributed by atoms with Gasteiger partial charge in [0, 0.05) is 39.7 Å². The van der Waals surface area contributed by atoms with Crippen molar-refractivity contribution >= 4 is 61.8 Å². The maximum atomic E-state index is 7.05. The summed E-state index contributed by atoms with van der Waals surface area (Å²) in [6, 6.07) is 18.2. The third-order valence-corrected chi connectivity index (χ3v) is 8.03. The van der Waals surface area contributed by atoms with Gasteiger partial charge in [0.25, 0.3) is 0 Å². The molecule has 0 amide bonds. The molecule has 5 rings (SSSR count). The minimum absolute atomic E-state index is 0.0850. The predicted octanol–water partition coefficient (Wildman–Crippen LogP) is 7.31. The lowest BCUT2D eigenvalue weighted by molar-refractivity contribution is 0.567. The molecule has 2 aliphatic rings. The SMILES string of the molecule is CC1=CC(C)(C)N(C)c2cc(Cl)c([C@@H]3[C@@H](c4ccccn4)NC(=S)N3c3ccc(Br)cc3)cc21. The Morgan fingerprint density at radius 3 is 2.53 bits per heavy atom. The maximum Gasteiger partial charge on any atom is 0.174 e. The molecule has 1 N–H and O–H groups in total. The molecule has 2 atom stereocenters. The van der Waals surface area contributed by atoms with Gasteiger partial charge in [0.15, 0.2) is 5.11 Å². The summed E-state index contributed by atoms with van der Waals surface area (Å²) < 4.78 is 1.02. The van der Waals surface area contributed by atoms with Gasteiger partial charge in [-0.1, -0.05) is 39.7 Å². The number of fused-ring (bicyclic) bond motifs is 1. The molecule has 0 saturated carbocycles. The summed E-state index contributed by atoms with van der Waals surface area (Å²) in [6.07, 6.45) is 4.13. The second-order valence-corrected chi connectivity index (χ2v) is 11.1. The van der Waals surface area contributed by atoms with E-state index in [9.17, 15) is 0 Å². The van der Waals surface area contributed by atoms with Crippen LogP contribution in [0.2, 0.25) is 5.02 Å². The van der Waals surface area contributed by atoms with E-state index < -0.39 is 0 Å². The van der Waals surface area contributed by atoms with Gasteiger partial charge in [-0.2, -0.15) is 0 Å². The minimum Gasteiger partial charge on any atom is -0.365 e. The van der Waals surface area contributed by atoms with Crippen molar-refractivity contribution in [1.82, 2.24) is 10.3 Å². The molecular weight excluding hydrogens is 528 g/mol. The zero-order chi connectivity index (χ0) is 24.2. The van der Waals surface area contributed by atoms with E-state index in [2.05, 4.69) is 94.2 Å². The number of allylic oxidation sites excluding steroid dienone is 1. The number of anilines is 2. The first kappa shape index (κ1) is 23.3. The number of halogens is 2. The Balaban J connectivity index is 1.70. The van der Waals surface area contributed by atoms with Gasteiger partial charge in [-0.25, -0.2) is 0 Å². The van der Waals surface area contributed by atoms with Gasteiger partial charge in [-0.05, 0) is 92.7 Å². The monoisotopic (exact) mass is 552 g/mol. The summed E-state index contributed by atoms with van der Waals surface area (Å²) in [7, 11) is 2.12. The summed E-state index contributed by atoms with van der Waals surface area (Å²) >= 11 is 16.5. The van der Waals surface area contributed by atoms with Crippen molar-refractivity contribution in [3.63, 3.8) is 0 Å². The molecule has 0 unspecified atom stereocenters. The molecular formula is C27H26BrClN4S. The summed E-state index contributed by atoms with van der Waals surface area (Å²) in [5.41, 5.74) is 6.43. The number of likely N-dealkylation sites (N-methyl/N-ethyl adjacent to an activating group) is 1. The Hall–Kier alpha value is -2.41. The first-order valence-electron chi connectivity index (χ1n) is 11.2. The Labute approximate surface area is 219 Å². The summed E-state index contributed by atoms with van der Waals surface area (Å²) in [4.78, 5) is 9.10. The molecule has 1 fully saturated rings. The van der Waals surface area contributed by atoms with E-state index in [4.69, 9.17) is 23.8 Å². The number of rotatable bonds is 3. The van der Waals surface area contributed by atoms with Gasteiger partial charge in [0.2, 0.25) is 0 Å². The molecule has 3 aromatic rings. The number of benzene rings is 2. The van der Waals surface area contributed by atoms with Gasteiger partial charge >= 0.3 is 0 Å². The zero-order valence-electron chi connectivity index (χ0n) is 19.5. The van der Waals surface area contributed by atoms with Gasteiger partial charge in [0.05, 0.1) is 23.3 Å². The molecule has 0 bridgehead atoms. The topological polar surface area (TPSA) is 31.4 Å². The Bertz CT molecular complexity index is 1290. The van der Waals surface area contributed by atoms with Crippen LogP contribution in [0.15, 0.2) is 71.3 Å². The lowest BCUT2D eigenvalue weighted by Gasteiger charge is -2.41. The van der Waals surface area contributed by atoms with E-state index in [0.29, 0.717) is 5.11 Å². The van der Waals surface area contributed by atoms with Gasteiger partial charge in [0.1, 0.15) is 0 Å². The normalized spacial score (nSPS) is 21.2. The molecule has 2 aromatic carbocycles. The second-order valence-electron chi connectivity index (χ2n) is 9.40. The fourth-order valence-electron chi connectivity index (χ4n) is 4.97. The van der Waals surface area contributed by atoms with Crippen molar-refractivity contribution in [2.24, 2.45) is 0 Å².